The molecule has 1 atom stereocenters. The summed E-state index contributed by atoms with van der Waals surface area (Å²) in [6.45, 7) is 0.982. The topological polar surface area (TPSA) is 66.8 Å². The number of ether oxygens (including phenoxy) is 1. The second kappa shape index (κ2) is 5.35. The lowest BCUT2D eigenvalue weighted by molar-refractivity contribution is 0.155. The molecule has 1 unspecified atom stereocenters. The van der Waals surface area contributed by atoms with Crippen molar-refractivity contribution in [3.63, 3.8) is 0 Å². The Kier molecular flexibility index (Phi) is 3.70. The van der Waals surface area contributed by atoms with E-state index in [0.717, 1.165) is 37.0 Å². The van der Waals surface area contributed by atoms with E-state index in [1.54, 1.807) is 18.2 Å². The van der Waals surface area contributed by atoms with Gasteiger partial charge in [0.2, 0.25) is 10.0 Å². The Bertz CT molecular complexity index is 599. The molecule has 0 radical (unpaired) electrons. The first-order valence-electron chi connectivity index (χ1n) is 7.01. The van der Waals surface area contributed by atoms with Crippen molar-refractivity contribution in [2.45, 2.75) is 36.6 Å². The summed E-state index contributed by atoms with van der Waals surface area (Å²) < 4.78 is 32.3. The van der Waals surface area contributed by atoms with Gasteiger partial charge in [-0.2, -0.15) is 4.31 Å². The van der Waals surface area contributed by atoms with Gasteiger partial charge >= 0.3 is 0 Å². The molecule has 0 aromatic heterocycles. The molecule has 1 N–H and O–H groups in total. The number of benzene rings is 1. The van der Waals surface area contributed by atoms with Gasteiger partial charge in [0.25, 0.3) is 0 Å². The predicted molar refractivity (Wildman–Crippen MR) is 74.3 cm³/mol. The number of rotatable bonds is 3. The third kappa shape index (κ3) is 2.32. The summed E-state index contributed by atoms with van der Waals surface area (Å²) in [5.74, 6) is 0.779. The van der Waals surface area contributed by atoms with Gasteiger partial charge in [0.05, 0.1) is 18.1 Å². The van der Waals surface area contributed by atoms with Gasteiger partial charge in [-0.3, -0.25) is 0 Å². The van der Waals surface area contributed by atoms with Crippen LogP contribution < -0.4 is 4.74 Å². The van der Waals surface area contributed by atoms with Crippen LogP contribution in [-0.2, 0) is 16.4 Å². The van der Waals surface area contributed by atoms with E-state index in [9.17, 15) is 13.5 Å². The molecular formula is C14H19NO4S. The molecule has 2 aliphatic heterocycles. The Morgan fingerprint density at radius 3 is 3.00 bits per heavy atom. The lowest BCUT2D eigenvalue weighted by Crippen LogP contribution is -2.45. The van der Waals surface area contributed by atoms with E-state index in [-0.39, 0.29) is 12.6 Å². The van der Waals surface area contributed by atoms with E-state index in [1.807, 2.05) is 0 Å². The summed E-state index contributed by atoms with van der Waals surface area (Å²) in [4.78, 5) is 0.308. The summed E-state index contributed by atoms with van der Waals surface area (Å²) >= 11 is 0. The van der Waals surface area contributed by atoms with Crippen LogP contribution in [0, 0.1) is 0 Å². The number of piperidine rings is 1. The standard InChI is InChI=1S/C14H19NO4S/c16-10-12-3-1-2-7-15(12)20(17,18)13-4-5-14-11(9-13)6-8-19-14/h4-5,9,12,16H,1-3,6-8,10H2. The van der Waals surface area contributed by atoms with Crippen LogP contribution in [0.4, 0.5) is 0 Å². The molecule has 1 aromatic carbocycles. The molecule has 0 bridgehead atoms. The quantitative estimate of drug-likeness (QED) is 0.909. The van der Waals surface area contributed by atoms with Crippen LogP contribution in [0.2, 0.25) is 0 Å². The first-order chi connectivity index (χ1) is 9.63. The van der Waals surface area contributed by atoms with Crippen molar-refractivity contribution in [3.8, 4) is 5.75 Å². The van der Waals surface area contributed by atoms with Crippen LogP contribution in [0.25, 0.3) is 0 Å². The zero-order valence-corrected chi connectivity index (χ0v) is 12.1. The summed E-state index contributed by atoms with van der Waals surface area (Å²) in [7, 11) is -3.53. The first-order valence-corrected chi connectivity index (χ1v) is 8.45. The highest BCUT2D eigenvalue weighted by atomic mass is 32.2. The molecule has 20 heavy (non-hydrogen) atoms. The monoisotopic (exact) mass is 297 g/mol. The number of aliphatic hydroxyl groups is 1. The maximum absolute atomic E-state index is 12.7. The Morgan fingerprint density at radius 2 is 2.20 bits per heavy atom. The number of hydrogen-bond acceptors (Lipinski definition) is 4. The lowest BCUT2D eigenvalue weighted by atomic mass is 10.1. The van der Waals surface area contributed by atoms with Gasteiger partial charge in [-0.05, 0) is 36.6 Å². The van der Waals surface area contributed by atoms with E-state index in [0.29, 0.717) is 18.0 Å². The van der Waals surface area contributed by atoms with Crippen LogP contribution in [0.3, 0.4) is 0 Å². The van der Waals surface area contributed by atoms with Crippen molar-refractivity contribution in [2.75, 3.05) is 19.8 Å². The Hall–Kier alpha value is -1.11. The number of hydrogen-bond donors (Lipinski definition) is 1. The number of sulfonamides is 1. The van der Waals surface area contributed by atoms with Gasteiger partial charge in [0, 0.05) is 19.0 Å². The van der Waals surface area contributed by atoms with Gasteiger partial charge in [0.1, 0.15) is 5.75 Å². The minimum Gasteiger partial charge on any atom is -0.493 e. The van der Waals surface area contributed by atoms with Gasteiger partial charge in [0.15, 0.2) is 0 Å². The van der Waals surface area contributed by atoms with Crippen LogP contribution in [-0.4, -0.2) is 43.6 Å². The normalized spacial score (nSPS) is 23.4. The average Bonchev–Trinajstić information content (AvgIpc) is 2.94. The molecule has 1 aromatic rings. The third-order valence-corrected chi connectivity index (χ3v) is 6.00. The molecule has 0 saturated carbocycles. The second-order valence-corrected chi connectivity index (χ2v) is 7.21. The van der Waals surface area contributed by atoms with Crippen molar-refractivity contribution in [1.29, 1.82) is 0 Å². The molecule has 2 heterocycles. The van der Waals surface area contributed by atoms with E-state index in [4.69, 9.17) is 4.74 Å². The largest absolute Gasteiger partial charge is 0.493 e. The molecule has 6 heteroatoms. The maximum atomic E-state index is 12.7. The fourth-order valence-electron chi connectivity index (χ4n) is 2.93. The average molecular weight is 297 g/mol. The van der Waals surface area contributed by atoms with Gasteiger partial charge < -0.3 is 9.84 Å². The maximum Gasteiger partial charge on any atom is 0.243 e. The zero-order valence-electron chi connectivity index (χ0n) is 11.3. The van der Waals surface area contributed by atoms with Gasteiger partial charge in [-0.15, -0.1) is 0 Å². The summed E-state index contributed by atoms with van der Waals surface area (Å²) in [5, 5.41) is 9.40. The van der Waals surface area contributed by atoms with E-state index < -0.39 is 10.0 Å². The van der Waals surface area contributed by atoms with Gasteiger partial charge in [-0.25, -0.2) is 8.42 Å². The van der Waals surface area contributed by atoms with Crippen LogP contribution in [0.1, 0.15) is 24.8 Å². The molecule has 0 spiro atoms. The van der Waals surface area contributed by atoms with Crippen molar-refractivity contribution >= 4 is 10.0 Å². The second-order valence-electron chi connectivity index (χ2n) is 5.32. The van der Waals surface area contributed by atoms with E-state index in [2.05, 4.69) is 0 Å². The van der Waals surface area contributed by atoms with E-state index in [1.165, 1.54) is 4.31 Å². The summed E-state index contributed by atoms with van der Waals surface area (Å²) in [6.07, 6.45) is 3.30. The smallest absolute Gasteiger partial charge is 0.243 e. The molecule has 1 fully saturated rings. The molecule has 2 aliphatic rings. The Balaban J connectivity index is 1.94. The lowest BCUT2D eigenvalue weighted by Gasteiger charge is -2.33. The molecule has 5 nitrogen and oxygen atoms in total. The summed E-state index contributed by atoms with van der Waals surface area (Å²) in [5.41, 5.74) is 0.948. The fraction of sp³-hybridized carbons (Fsp3) is 0.571. The molecule has 1 saturated heterocycles. The highest BCUT2D eigenvalue weighted by Gasteiger charge is 2.33. The Labute approximate surface area is 119 Å². The molecule has 3 rings (SSSR count). The summed E-state index contributed by atoms with van der Waals surface area (Å²) in [6, 6.07) is 4.74. The first kappa shape index (κ1) is 13.9. The van der Waals surface area contributed by atoms with Crippen molar-refractivity contribution in [3.05, 3.63) is 23.8 Å². The van der Waals surface area contributed by atoms with Crippen molar-refractivity contribution in [2.24, 2.45) is 0 Å². The highest BCUT2D eigenvalue weighted by Crippen LogP contribution is 2.31. The molecule has 0 aliphatic carbocycles. The number of nitrogens with zero attached hydrogens (tertiary/aromatic N) is 1. The number of fused-ring (bicyclic) bond motifs is 1. The predicted octanol–water partition coefficient (Wildman–Crippen LogP) is 1.16. The highest BCUT2D eigenvalue weighted by molar-refractivity contribution is 7.89. The van der Waals surface area contributed by atoms with Gasteiger partial charge in [-0.1, -0.05) is 6.42 Å². The molecular weight excluding hydrogens is 278 g/mol. The minimum atomic E-state index is -3.53. The number of aliphatic hydroxyl groups excluding tert-OH is 1. The minimum absolute atomic E-state index is 0.118. The van der Waals surface area contributed by atoms with Crippen LogP contribution in [0.5, 0.6) is 5.75 Å². The van der Waals surface area contributed by atoms with Crippen molar-refractivity contribution < 1.29 is 18.3 Å². The SMILES string of the molecule is O=S(=O)(c1ccc2c(c1)CCO2)N1CCCCC1CO. The fourth-order valence-corrected chi connectivity index (χ4v) is 4.67. The van der Waals surface area contributed by atoms with E-state index >= 15 is 0 Å². The third-order valence-electron chi connectivity index (χ3n) is 4.05. The van der Waals surface area contributed by atoms with Crippen LogP contribution >= 0.6 is 0 Å². The molecule has 0 amide bonds. The Morgan fingerprint density at radius 1 is 1.35 bits per heavy atom. The van der Waals surface area contributed by atoms with Crippen molar-refractivity contribution in [1.82, 2.24) is 4.31 Å². The van der Waals surface area contributed by atoms with Crippen LogP contribution in [0.15, 0.2) is 23.1 Å². The molecule has 110 valence electrons. The zero-order chi connectivity index (χ0) is 14.2.